The van der Waals surface area contributed by atoms with Crippen molar-refractivity contribution in [1.29, 1.82) is 0 Å². The SMILES string of the molecule is CC(=O)N1CCc2cc(S(=O)(=O)NCC(C)(O)c3ccc(F)cc3)ccc21. The Hall–Kier alpha value is -2.29. The molecular weight excluding hydrogens is 371 g/mol. The molecule has 0 aromatic heterocycles. The minimum absolute atomic E-state index is 0.0709. The lowest BCUT2D eigenvalue weighted by Crippen LogP contribution is -2.38. The summed E-state index contributed by atoms with van der Waals surface area (Å²) in [5.74, 6) is -0.522. The van der Waals surface area contributed by atoms with Gasteiger partial charge >= 0.3 is 0 Å². The van der Waals surface area contributed by atoms with E-state index in [1.165, 1.54) is 44.2 Å². The number of hydrogen-bond acceptors (Lipinski definition) is 4. The van der Waals surface area contributed by atoms with Gasteiger partial charge in [0.15, 0.2) is 0 Å². The molecule has 0 bridgehead atoms. The maximum Gasteiger partial charge on any atom is 0.240 e. The smallest absolute Gasteiger partial charge is 0.240 e. The van der Waals surface area contributed by atoms with Gasteiger partial charge in [-0.2, -0.15) is 0 Å². The lowest BCUT2D eigenvalue weighted by Gasteiger charge is -2.24. The number of aliphatic hydroxyl groups is 1. The number of fused-ring (bicyclic) bond motifs is 1. The van der Waals surface area contributed by atoms with E-state index >= 15 is 0 Å². The Kier molecular flexibility index (Phi) is 5.07. The van der Waals surface area contributed by atoms with E-state index in [4.69, 9.17) is 0 Å². The minimum atomic E-state index is -3.86. The van der Waals surface area contributed by atoms with Gasteiger partial charge in [-0.25, -0.2) is 17.5 Å². The van der Waals surface area contributed by atoms with E-state index in [1.807, 2.05) is 0 Å². The van der Waals surface area contributed by atoms with Gasteiger partial charge in [-0.1, -0.05) is 12.1 Å². The fraction of sp³-hybridized carbons (Fsp3) is 0.316. The molecule has 0 saturated carbocycles. The average Bonchev–Trinajstić information content (AvgIpc) is 3.04. The molecule has 8 heteroatoms. The molecule has 0 fully saturated rings. The minimum Gasteiger partial charge on any atom is -0.384 e. The van der Waals surface area contributed by atoms with Crippen molar-refractivity contribution >= 4 is 21.6 Å². The highest BCUT2D eigenvalue weighted by atomic mass is 32.2. The Morgan fingerprint density at radius 1 is 1.26 bits per heavy atom. The summed E-state index contributed by atoms with van der Waals surface area (Å²) in [6.07, 6.45) is 0.589. The number of hydrogen-bond donors (Lipinski definition) is 2. The maximum atomic E-state index is 13.0. The summed E-state index contributed by atoms with van der Waals surface area (Å²) in [5, 5.41) is 10.5. The Balaban J connectivity index is 1.77. The number of nitrogens with one attached hydrogen (secondary N) is 1. The molecule has 1 amide bonds. The van der Waals surface area contributed by atoms with E-state index in [0.29, 0.717) is 18.5 Å². The zero-order valence-electron chi connectivity index (χ0n) is 15.1. The Morgan fingerprint density at radius 3 is 2.56 bits per heavy atom. The predicted octanol–water partition coefficient (Wildman–Crippen LogP) is 1.92. The fourth-order valence-electron chi connectivity index (χ4n) is 3.10. The Bertz CT molecular complexity index is 972. The lowest BCUT2D eigenvalue weighted by atomic mass is 9.96. The standard InChI is InChI=1S/C19H21FN2O4S/c1-13(23)22-10-9-14-11-17(7-8-18(14)22)27(25,26)21-12-19(2,24)15-3-5-16(20)6-4-15/h3-8,11,21,24H,9-10,12H2,1-2H3. The number of sulfonamides is 1. The molecule has 1 heterocycles. The normalized spacial score (nSPS) is 16.1. The number of anilines is 1. The second-order valence-corrected chi connectivity index (χ2v) is 8.58. The van der Waals surface area contributed by atoms with Crippen molar-refractivity contribution in [3.63, 3.8) is 0 Å². The third-order valence-corrected chi connectivity index (χ3v) is 6.11. The molecule has 0 aliphatic carbocycles. The van der Waals surface area contributed by atoms with Gasteiger partial charge in [-0.15, -0.1) is 0 Å². The number of benzene rings is 2. The molecule has 2 aromatic carbocycles. The number of carbonyl (C=O) groups is 1. The Morgan fingerprint density at radius 2 is 1.93 bits per heavy atom. The molecule has 1 aliphatic rings. The van der Waals surface area contributed by atoms with Crippen LogP contribution in [0.5, 0.6) is 0 Å². The summed E-state index contributed by atoms with van der Waals surface area (Å²) >= 11 is 0. The molecule has 2 aromatic rings. The van der Waals surface area contributed by atoms with Crippen LogP contribution in [0.15, 0.2) is 47.4 Å². The largest absolute Gasteiger partial charge is 0.384 e. The summed E-state index contributed by atoms with van der Waals surface area (Å²) in [4.78, 5) is 13.3. The third kappa shape index (κ3) is 4.02. The van der Waals surface area contributed by atoms with Crippen LogP contribution < -0.4 is 9.62 Å². The van der Waals surface area contributed by atoms with Crippen LogP contribution in [0.1, 0.15) is 25.0 Å². The zero-order valence-corrected chi connectivity index (χ0v) is 15.9. The highest BCUT2D eigenvalue weighted by Crippen LogP contribution is 2.30. The van der Waals surface area contributed by atoms with Crippen LogP contribution in [0.2, 0.25) is 0 Å². The van der Waals surface area contributed by atoms with Crippen molar-refractivity contribution in [2.24, 2.45) is 0 Å². The van der Waals surface area contributed by atoms with E-state index < -0.39 is 21.4 Å². The van der Waals surface area contributed by atoms with Crippen molar-refractivity contribution in [3.05, 3.63) is 59.4 Å². The maximum absolute atomic E-state index is 13.0. The first-order valence-corrected chi connectivity index (χ1v) is 9.97. The molecule has 6 nitrogen and oxygen atoms in total. The number of halogens is 1. The van der Waals surface area contributed by atoms with Crippen molar-refractivity contribution in [1.82, 2.24) is 4.72 Å². The van der Waals surface area contributed by atoms with E-state index in [1.54, 1.807) is 17.0 Å². The van der Waals surface area contributed by atoms with Gasteiger partial charge in [0, 0.05) is 25.7 Å². The summed E-state index contributed by atoms with van der Waals surface area (Å²) in [5.41, 5.74) is 0.416. The van der Waals surface area contributed by atoms with E-state index in [9.17, 15) is 22.7 Å². The van der Waals surface area contributed by atoms with Gasteiger partial charge in [0.1, 0.15) is 11.4 Å². The number of carbonyl (C=O) groups excluding carboxylic acids is 1. The van der Waals surface area contributed by atoms with Gasteiger partial charge in [-0.3, -0.25) is 4.79 Å². The van der Waals surface area contributed by atoms with Gasteiger partial charge < -0.3 is 10.0 Å². The summed E-state index contributed by atoms with van der Waals surface area (Å²) < 4.78 is 40.7. The molecule has 2 N–H and O–H groups in total. The molecule has 0 saturated heterocycles. The zero-order chi connectivity index (χ0) is 19.8. The molecular formula is C19H21FN2O4S. The van der Waals surface area contributed by atoms with Crippen molar-refractivity contribution in [2.45, 2.75) is 30.8 Å². The fourth-order valence-corrected chi connectivity index (χ4v) is 4.28. The van der Waals surface area contributed by atoms with Crippen LogP contribution >= 0.6 is 0 Å². The van der Waals surface area contributed by atoms with Gasteiger partial charge in [-0.05, 0) is 54.8 Å². The lowest BCUT2D eigenvalue weighted by molar-refractivity contribution is -0.116. The van der Waals surface area contributed by atoms with Gasteiger partial charge in [0.05, 0.1) is 4.90 Å². The summed E-state index contributed by atoms with van der Waals surface area (Å²) in [6, 6.07) is 9.85. The van der Waals surface area contributed by atoms with Crippen molar-refractivity contribution < 1.29 is 22.7 Å². The first kappa shape index (κ1) is 19.5. The average molecular weight is 392 g/mol. The molecule has 144 valence electrons. The molecule has 3 rings (SSSR count). The van der Waals surface area contributed by atoms with E-state index in [2.05, 4.69) is 4.72 Å². The summed E-state index contributed by atoms with van der Waals surface area (Å²) in [7, 11) is -3.86. The monoisotopic (exact) mass is 392 g/mol. The van der Waals surface area contributed by atoms with E-state index in [0.717, 1.165) is 11.3 Å². The second-order valence-electron chi connectivity index (χ2n) is 6.82. The third-order valence-electron chi connectivity index (χ3n) is 4.71. The van der Waals surface area contributed by atoms with Gasteiger partial charge in [0.2, 0.25) is 15.9 Å². The number of rotatable bonds is 5. The number of nitrogens with zero attached hydrogens (tertiary/aromatic N) is 1. The van der Waals surface area contributed by atoms with Gasteiger partial charge in [0.25, 0.3) is 0 Å². The number of amides is 1. The molecule has 1 atom stereocenters. The second kappa shape index (κ2) is 7.03. The van der Waals surface area contributed by atoms with Crippen LogP contribution in [0.3, 0.4) is 0 Å². The van der Waals surface area contributed by atoms with Crippen LogP contribution in [0.25, 0.3) is 0 Å². The highest BCUT2D eigenvalue weighted by molar-refractivity contribution is 7.89. The first-order valence-electron chi connectivity index (χ1n) is 8.49. The topological polar surface area (TPSA) is 86.7 Å². The molecule has 1 unspecified atom stereocenters. The first-order chi connectivity index (χ1) is 12.6. The Labute approximate surface area is 157 Å². The molecule has 27 heavy (non-hydrogen) atoms. The van der Waals surface area contributed by atoms with Crippen LogP contribution in [0, 0.1) is 5.82 Å². The van der Waals surface area contributed by atoms with Crippen LogP contribution in [0.4, 0.5) is 10.1 Å². The van der Waals surface area contributed by atoms with Crippen LogP contribution in [-0.2, 0) is 26.8 Å². The molecule has 1 aliphatic heterocycles. The highest BCUT2D eigenvalue weighted by Gasteiger charge is 2.28. The van der Waals surface area contributed by atoms with Crippen molar-refractivity contribution in [3.8, 4) is 0 Å². The predicted molar refractivity (Wildman–Crippen MR) is 99.3 cm³/mol. The summed E-state index contributed by atoms with van der Waals surface area (Å²) in [6.45, 7) is 3.19. The van der Waals surface area contributed by atoms with E-state index in [-0.39, 0.29) is 17.3 Å². The van der Waals surface area contributed by atoms with Crippen molar-refractivity contribution in [2.75, 3.05) is 18.0 Å². The van der Waals surface area contributed by atoms with Crippen LogP contribution in [-0.4, -0.2) is 32.5 Å². The molecule has 0 spiro atoms. The molecule has 0 radical (unpaired) electrons. The quantitative estimate of drug-likeness (QED) is 0.814.